The molecule has 0 spiro atoms. The molecule has 1 saturated carbocycles. The molecule has 35 heavy (non-hydrogen) atoms. The Balaban J connectivity index is 1.58. The highest BCUT2D eigenvalue weighted by molar-refractivity contribution is 7.90. The normalized spacial score (nSPS) is 17.9. The highest BCUT2D eigenvalue weighted by Gasteiger charge is 2.29. The topological polar surface area (TPSA) is 94.9 Å². The van der Waals surface area contributed by atoms with Gasteiger partial charge >= 0.3 is 0 Å². The predicted molar refractivity (Wildman–Crippen MR) is 136 cm³/mol. The quantitative estimate of drug-likeness (QED) is 0.422. The van der Waals surface area contributed by atoms with E-state index in [9.17, 15) is 8.42 Å². The van der Waals surface area contributed by atoms with E-state index in [1.165, 1.54) is 0 Å². The van der Waals surface area contributed by atoms with Crippen LogP contribution >= 0.6 is 12.2 Å². The summed E-state index contributed by atoms with van der Waals surface area (Å²) in [5.74, 6) is 0.442. The van der Waals surface area contributed by atoms with Gasteiger partial charge in [-0.05, 0) is 55.6 Å². The summed E-state index contributed by atoms with van der Waals surface area (Å²) in [6, 6.07) is 7.49. The molecule has 2 aliphatic rings. The molecule has 1 saturated heterocycles. The largest absolute Gasteiger partial charge is 0.497 e. The molecule has 0 unspecified atom stereocenters. The lowest BCUT2D eigenvalue weighted by Crippen LogP contribution is -2.44. The van der Waals surface area contributed by atoms with Gasteiger partial charge in [0.05, 0.1) is 44.0 Å². The predicted octanol–water partition coefficient (Wildman–Crippen LogP) is 2.53. The standard InChI is InChI=1S/C24H34N4O5S2/c1-31-12-10-28-20(15-27(16-22-7-4-11-33-22)23(34)26-19-8-9-19)14-25-24(28)35(29,30)17-18-5-3-6-21(13-18)32-2/h3,5-6,13-14,19,22H,4,7-12,15-17H2,1-2H3,(H,26,34)/t22-/m1/s1. The van der Waals surface area contributed by atoms with Crippen molar-refractivity contribution in [3.63, 3.8) is 0 Å². The number of sulfone groups is 1. The van der Waals surface area contributed by atoms with Crippen molar-refractivity contribution in [3.8, 4) is 5.75 Å². The molecule has 2 heterocycles. The molecule has 2 aromatic rings. The molecular formula is C24H34N4O5S2. The van der Waals surface area contributed by atoms with Gasteiger partial charge in [0.1, 0.15) is 5.75 Å². The van der Waals surface area contributed by atoms with Crippen LogP contribution in [0.1, 0.15) is 36.9 Å². The molecule has 1 aromatic heterocycles. The second-order valence-electron chi connectivity index (χ2n) is 9.03. The van der Waals surface area contributed by atoms with E-state index in [0.717, 1.165) is 38.0 Å². The fourth-order valence-electron chi connectivity index (χ4n) is 4.18. The van der Waals surface area contributed by atoms with E-state index >= 15 is 0 Å². The number of ether oxygens (including phenoxy) is 3. The molecule has 1 N–H and O–H groups in total. The lowest BCUT2D eigenvalue weighted by atomic mass is 10.2. The van der Waals surface area contributed by atoms with Gasteiger partial charge in [-0.15, -0.1) is 0 Å². The summed E-state index contributed by atoms with van der Waals surface area (Å²) in [6.07, 6.45) is 6.01. The molecule has 0 bridgehead atoms. The number of nitrogens with zero attached hydrogens (tertiary/aromatic N) is 3. The zero-order chi connectivity index (χ0) is 24.8. The first-order chi connectivity index (χ1) is 16.9. The van der Waals surface area contributed by atoms with Crippen molar-refractivity contribution in [2.75, 3.05) is 34.0 Å². The monoisotopic (exact) mass is 522 g/mol. The van der Waals surface area contributed by atoms with E-state index < -0.39 is 9.84 Å². The van der Waals surface area contributed by atoms with Gasteiger partial charge in [-0.25, -0.2) is 13.4 Å². The van der Waals surface area contributed by atoms with Crippen molar-refractivity contribution in [1.82, 2.24) is 19.8 Å². The number of imidazole rings is 1. The number of hydrogen-bond donors (Lipinski definition) is 1. The van der Waals surface area contributed by atoms with Crippen LogP contribution < -0.4 is 10.1 Å². The molecule has 11 heteroatoms. The van der Waals surface area contributed by atoms with Crippen LogP contribution in [0.2, 0.25) is 0 Å². The molecule has 4 rings (SSSR count). The van der Waals surface area contributed by atoms with E-state index in [1.807, 2.05) is 0 Å². The number of rotatable bonds is 12. The SMILES string of the molecule is COCCn1c(CN(C[C@H]2CCCO2)C(=S)NC2CC2)cnc1S(=O)(=O)Cc1cccc(OC)c1. The summed E-state index contributed by atoms with van der Waals surface area (Å²) in [6.45, 7) is 2.58. The average molecular weight is 523 g/mol. The van der Waals surface area contributed by atoms with Crippen molar-refractivity contribution < 1.29 is 22.6 Å². The number of nitrogens with one attached hydrogen (secondary N) is 1. The Morgan fingerprint density at radius 2 is 2.14 bits per heavy atom. The Hall–Kier alpha value is -2.21. The van der Waals surface area contributed by atoms with Gasteiger partial charge in [0.25, 0.3) is 0 Å². The lowest BCUT2D eigenvalue weighted by molar-refractivity contribution is 0.0890. The maximum absolute atomic E-state index is 13.4. The van der Waals surface area contributed by atoms with E-state index in [0.29, 0.717) is 48.7 Å². The van der Waals surface area contributed by atoms with Crippen molar-refractivity contribution in [2.45, 2.75) is 61.8 Å². The number of thiocarbonyl (C=S) groups is 1. The molecule has 1 atom stereocenters. The fraction of sp³-hybridized carbons (Fsp3) is 0.583. The minimum absolute atomic E-state index is 0.0329. The minimum Gasteiger partial charge on any atom is -0.497 e. The molecule has 2 fully saturated rings. The zero-order valence-electron chi connectivity index (χ0n) is 20.3. The van der Waals surface area contributed by atoms with Gasteiger partial charge in [0.15, 0.2) is 5.11 Å². The molecule has 9 nitrogen and oxygen atoms in total. The van der Waals surface area contributed by atoms with Crippen LogP contribution in [0.3, 0.4) is 0 Å². The van der Waals surface area contributed by atoms with Crippen LogP contribution in [0.5, 0.6) is 5.75 Å². The number of methoxy groups -OCH3 is 2. The van der Waals surface area contributed by atoms with E-state index in [1.54, 1.807) is 49.2 Å². The maximum atomic E-state index is 13.4. The average Bonchev–Trinajstić information content (AvgIpc) is 3.32. The Kier molecular flexibility index (Phi) is 8.64. The van der Waals surface area contributed by atoms with Gasteiger partial charge in [0.2, 0.25) is 15.0 Å². The molecule has 1 aliphatic heterocycles. The van der Waals surface area contributed by atoms with Crippen molar-refractivity contribution in [3.05, 3.63) is 41.7 Å². The summed E-state index contributed by atoms with van der Waals surface area (Å²) in [7, 11) is -0.562. The second kappa shape index (κ2) is 11.7. The van der Waals surface area contributed by atoms with Crippen LogP contribution in [-0.4, -0.2) is 74.1 Å². The van der Waals surface area contributed by atoms with Gasteiger partial charge in [-0.2, -0.15) is 0 Å². The first kappa shape index (κ1) is 25.9. The third kappa shape index (κ3) is 6.93. The Morgan fingerprint density at radius 3 is 2.83 bits per heavy atom. The molecular weight excluding hydrogens is 488 g/mol. The van der Waals surface area contributed by atoms with Crippen LogP contribution in [0.15, 0.2) is 35.6 Å². The molecule has 0 amide bonds. The number of hydrogen-bond acceptors (Lipinski definition) is 7. The smallest absolute Gasteiger partial charge is 0.228 e. The van der Waals surface area contributed by atoms with Crippen LogP contribution in [0.25, 0.3) is 0 Å². The fourth-order valence-corrected chi connectivity index (χ4v) is 5.99. The van der Waals surface area contributed by atoms with E-state index in [4.69, 9.17) is 26.4 Å². The third-order valence-corrected chi connectivity index (χ3v) is 8.15. The summed E-state index contributed by atoms with van der Waals surface area (Å²) >= 11 is 5.72. The molecule has 1 aromatic carbocycles. The van der Waals surface area contributed by atoms with Gasteiger partial charge in [-0.3, -0.25) is 0 Å². The van der Waals surface area contributed by atoms with Crippen molar-refractivity contribution in [2.24, 2.45) is 0 Å². The molecule has 0 radical (unpaired) electrons. The van der Waals surface area contributed by atoms with Crippen molar-refractivity contribution >= 4 is 27.2 Å². The number of benzene rings is 1. The Labute approximate surface area is 212 Å². The van der Waals surface area contributed by atoms with Crippen LogP contribution in [0, 0.1) is 0 Å². The van der Waals surface area contributed by atoms with Gasteiger partial charge < -0.3 is 29.0 Å². The number of aromatic nitrogens is 2. The third-order valence-electron chi connectivity index (χ3n) is 6.18. The highest BCUT2D eigenvalue weighted by atomic mass is 32.2. The summed E-state index contributed by atoms with van der Waals surface area (Å²) < 4.78 is 44.9. The Morgan fingerprint density at radius 1 is 1.31 bits per heavy atom. The molecule has 1 aliphatic carbocycles. The summed E-state index contributed by atoms with van der Waals surface area (Å²) in [5.41, 5.74) is 1.41. The maximum Gasteiger partial charge on any atom is 0.228 e. The Bertz CT molecular complexity index is 1110. The first-order valence-electron chi connectivity index (χ1n) is 12.0. The highest BCUT2D eigenvalue weighted by Crippen LogP contribution is 2.23. The van der Waals surface area contributed by atoms with Gasteiger partial charge in [-0.1, -0.05) is 12.1 Å². The minimum atomic E-state index is -3.72. The van der Waals surface area contributed by atoms with Crippen molar-refractivity contribution in [1.29, 1.82) is 0 Å². The summed E-state index contributed by atoms with van der Waals surface area (Å²) in [5, 5.41) is 4.11. The zero-order valence-corrected chi connectivity index (χ0v) is 21.9. The summed E-state index contributed by atoms with van der Waals surface area (Å²) in [4.78, 5) is 6.44. The lowest BCUT2D eigenvalue weighted by Gasteiger charge is -2.28. The first-order valence-corrected chi connectivity index (χ1v) is 14.0. The second-order valence-corrected chi connectivity index (χ2v) is 11.3. The van der Waals surface area contributed by atoms with Gasteiger partial charge in [0, 0.05) is 32.8 Å². The molecule has 192 valence electrons. The van der Waals surface area contributed by atoms with Crippen LogP contribution in [0.4, 0.5) is 0 Å². The van der Waals surface area contributed by atoms with E-state index in [2.05, 4.69) is 15.2 Å². The van der Waals surface area contributed by atoms with Crippen LogP contribution in [-0.2, 0) is 38.2 Å². The van der Waals surface area contributed by atoms with E-state index in [-0.39, 0.29) is 17.0 Å².